The van der Waals surface area contributed by atoms with Gasteiger partial charge in [-0.3, -0.25) is 9.36 Å². The van der Waals surface area contributed by atoms with Crippen molar-refractivity contribution in [2.24, 2.45) is 0 Å². The molecule has 1 N–H and O–H groups in total. The fraction of sp³-hybridized carbons (Fsp3) is 0.625. The maximum atomic E-state index is 12.3. The molecule has 2 aromatic rings. The van der Waals surface area contributed by atoms with E-state index in [1.165, 1.54) is 56.3 Å². The molecule has 0 fully saturated rings. The molecule has 0 aliphatic heterocycles. The monoisotopic (exact) mass is 324 g/mol. The molecule has 0 saturated heterocycles. The molecular weight excluding hydrogens is 300 g/mol. The van der Waals surface area contributed by atoms with Gasteiger partial charge < -0.3 is 4.98 Å². The van der Waals surface area contributed by atoms with Crippen LogP contribution in [0.25, 0.3) is 10.2 Å². The second-order valence-corrected chi connectivity index (χ2v) is 6.83. The topological polar surface area (TPSA) is 37.8 Å². The van der Waals surface area contributed by atoms with Crippen molar-refractivity contribution >= 4 is 33.8 Å². The van der Waals surface area contributed by atoms with Crippen LogP contribution < -0.4 is 5.56 Å². The molecule has 0 bridgehead atoms. The van der Waals surface area contributed by atoms with E-state index >= 15 is 0 Å². The van der Waals surface area contributed by atoms with Gasteiger partial charge in [0.15, 0.2) is 4.77 Å². The summed E-state index contributed by atoms with van der Waals surface area (Å²) in [7, 11) is 0. The molecule has 2 heterocycles. The zero-order valence-electron chi connectivity index (χ0n) is 12.7. The molecule has 0 amide bonds. The Morgan fingerprint density at radius 3 is 2.52 bits per heavy atom. The highest BCUT2D eigenvalue weighted by Gasteiger charge is 2.06. The Kier molecular flexibility index (Phi) is 6.64. The number of fused-ring (bicyclic) bond motifs is 1. The summed E-state index contributed by atoms with van der Waals surface area (Å²) in [5.74, 6) is 0. The van der Waals surface area contributed by atoms with Gasteiger partial charge in [0.1, 0.15) is 4.70 Å². The molecule has 0 spiro atoms. The first-order valence-corrected chi connectivity index (χ1v) is 9.23. The van der Waals surface area contributed by atoms with Crippen molar-refractivity contribution in [1.29, 1.82) is 0 Å². The predicted octanol–water partition coefficient (Wildman–Crippen LogP) is 5.26. The number of thiophene rings is 1. The molecule has 0 atom stereocenters. The fourth-order valence-electron chi connectivity index (χ4n) is 2.58. The van der Waals surface area contributed by atoms with Crippen LogP contribution in [0.5, 0.6) is 0 Å². The number of aromatic amines is 1. The maximum absolute atomic E-state index is 12.3. The molecule has 2 aromatic heterocycles. The van der Waals surface area contributed by atoms with E-state index in [1.54, 1.807) is 4.57 Å². The third kappa shape index (κ3) is 4.51. The van der Waals surface area contributed by atoms with Crippen molar-refractivity contribution < 1.29 is 0 Å². The number of hydrogen-bond acceptors (Lipinski definition) is 3. The second kappa shape index (κ2) is 8.49. The summed E-state index contributed by atoms with van der Waals surface area (Å²) in [6.07, 6.45) is 10.1. The number of aromatic nitrogens is 2. The number of nitrogens with one attached hydrogen (secondary N) is 1. The van der Waals surface area contributed by atoms with Crippen molar-refractivity contribution in [3.05, 3.63) is 26.6 Å². The summed E-state index contributed by atoms with van der Waals surface area (Å²) < 4.78 is 3.04. The van der Waals surface area contributed by atoms with Crippen molar-refractivity contribution in [3.63, 3.8) is 0 Å². The second-order valence-electron chi connectivity index (χ2n) is 5.53. The summed E-state index contributed by atoms with van der Waals surface area (Å²) in [5.41, 5.74) is 0.925. The molecule has 0 unspecified atom stereocenters. The predicted molar refractivity (Wildman–Crippen MR) is 93.9 cm³/mol. The van der Waals surface area contributed by atoms with Crippen molar-refractivity contribution in [2.75, 3.05) is 0 Å². The minimum atomic E-state index is 0.0618. The van der Waals surface area contributed by atoms with Gasteiger partial charge >= 0.3 is 0 Å². The fourth-order valence-corrected chi connectivity index (χ4v) is 3.66. The van der Waals surface area contributed by atoms with Gasteiger partial charge in [0.05, 0.1) is 5.52 Å². The van der Waals surface area contributed by atoms with Crippen LogP contribution in [0.1, 0.15) is 58.3 Å². The smallest absolute Gasteiger partial charge is 0.272 e. The Bertz CT molecular complexity index is 669. The Balaban J connectivity index is 1.81. The molecule has 5 heteroatoms. The zero-order valence-corrected chi connectivity index (χ0v) is 14.3. The van der Waals surface area contributed by atoms with Crippen LogP contribution in [0.2, 0.25) is 0 Å². The van der Waals surface area contributed by atoms with E-state index in [0.29, 0.717) is 4.77 Å². The van der Waals surface area contributed by atoms with Crippen LogP contribution in [0, 0.1) is 4.77 Å². The Hall–Kier alpha value is -0.940. The maximum Gasteiger partial charge on any atom is 0.272 e. The molecule has 0 aliphatic carbocycles. The number of rotatable bonds is 9. The van der Waals surface area contributed by atoms with Crippen LogP contribution in [0.15, 0.2) is 16.2 Å². The van der Waals surface area contributed by atoms with Gasteiger partial charge in [-0.2, -0.15) is 0 Å². The summed E-state index contributed by atoms with van der Waals surface area (Å²) >= 11 is 6.77. The number of H-pyrrole nitrogens is 1. The van der Waals surface area contributed by atoms with Gasteiger partial charge in [0.25, 0.3) is 5.56 Å². The molecule has 0 aliphatic rings. The average molecular weight is 325 g/mol. The highest BCUT2D eigenvalue weighted by molar-refractivity contribution is 7.71. The SMILES string of the molecule is CCCCCCCCCCn1c(=S)[nH]c2ccsc2c1=O. The molecule has 0 aromatic carbocycles. The Morgan fingerprint density at radius 2 is 1.81 bits per heavy atom. The van der Waals surface area contributed by atoms with E-state index in [4.69, 9.17) is 12.2 Å². The van der Waals surface area contributed by atoms with Crippen molar-refractivity contribution in [3.8, 4) is 0 Å². The summed E-state index contributed by atoms with van der Waals surface area (Å²) in [5, 5.41) is 1.93. The average Bonchev–Trinajstić information content (AvgIpc) is 2.93. The standard InChI is InChI=1S/C16H24N2OS2/c1-2-3-4-5-6-7-8-9-11-18-15(19)14-13(10-12-21-14)17-16(18)20/h10,12H,2-9,11H2,1H3,(H,17,20). The van der Waals surface area contributed by atoms with Gasteiger partial charge in [-0.15, -0.1) is 11.3 Å². The Labute approximate surface area is 135 Å². The molecule has 2 rings (SSSR count). The van der Waals surface area contributed by atoms with E-state index < -0.39 is 0 Å². The van der Waals surface area contributed by atoms with Crippen molar-refractivity contribution in [1.82, 2.24) is 9.55 Å². The lowest BCUT2D eigenvalue weighted by Crippen LogP contribution is -2.21. The lowest BCUT2D eigenvalue weighted by Gasteiger charge is -2.06. The highest BCUT2D eigenvalue weighted by Crippen LogP contribution is 2.14. The van der Waals surface area contributed by atoms with E-state index in [1.807, 2.05) is 11.4 Å². The molecular formula is C16H24N2OS2. The van der Waals surface area contributed by atoms with Crippen molar-refractivity contribution in [2.45, 2.75) is 64.8 Å². The van der Waals surface area contributed by atoms with Gasteiger partial charge in [-0.05, 0) is 30.1 Å². The number of unbranched alkanes of at least 4 members (excludes halogenated alkanes) is 7. The molecule has 3 nitrogen and oxygen atoms in total. The normalized spacial score (nSPS) is 11.3. The van der Waals surface area contributed by atoms with E-state index in [9.17, 15) is 4.79 Å². The third-order valence-electron chi connectivity index (χ3n) is 3.83. The lowest BCUT2D eigenvalue weighted by atomic mass is 10.1. The first-order valence-electron chi connectivity index (χ1n) is 7.94. The molecule has 0 radical (unpaired) electrons. The van der Waals surface area contributed by atoms with E-state index in [0.717, 1.165) is 23.2 Å². The first kappa shape index (κ1) is 16.4. The molecule has 0 saturated carbocycles. The summed E-state index contributed by atoms with van der Waals surface area (Å²) in [6, 6.07) is 1.91. The lowest BCUT2D eigenvalue weighted by molar-refractivity contribution is 0.533. The van der Waals surface area contributed by atoms with Crippen LogP contribution in [-0.4, -0.2) is 9.55 Å². The molecule has 116 valence electrons. The Morgan fingerprint density at radius 1 is 1.14 bits per heavy atom. The number of nitrogens with zero attached hydrogens (tertiary/aromatic N) is 1. The van der Waals surface area contributed by atoms with E-state index in [2.05, 4.69) is 11.9 Å². The van der Waals surface area contributed by atoms with Gasteiger partial charge in [0, 0.05) is 6.54 Å². The summed E-state index contributed by atoms with van der Waals surface area (Å²) in [4.78, 5) is 15.5. The van der Waals surface area contributed by atoms with Crippen LogP contribution in [0.3, 0.4) is 0 Å². The van der Waals surface area contributed by atoms with Crippen LogP contribution in [0.4, 0.5) is 0 Å². The van der Waals surface area contributed by atoms with Gasteiger partial charge in [-0.1, -0.05) is 51.9 Å². The van der Waals surface area contributed by atoms with Crippen LogP contribution >= 0.6 is 23.6 Å². The van der Waals surface area contributed by atoms with Gasteiger partial charge in [0.2, 0.25) is 0 Å². The minimum absolute atomic E-state index is 0.0618. The summed E-state index contributed by atoms with van der Waals surface area (Å²) in [6.45, 7) is 2.97. The van der Waals surface area contributed by atoms with E-state index in [-0.39, 0.29) is 5.56 Å². The zero-order chi connectivity index (χ0) is 15.1. The molecule has 21 heavy (non-hydrogen) atoms. The van der Waals surface area contributed by atoms with Gasteiger partial charge in [-0.25, -0.2) is 0 Å². The quantitative estimate of drug-likeness (QED) is 0.504. The number of hydrogen-bond donors (Lipinski definition) is 1. The first-order chi connectivity index (χ1) is 10.2. The highest BCUT2D eigenvalue weighted by atomic mass is 32.1. The minimum Gasteiger partial charge on any atom is -0.331 e. The largest absolute Gasteiger partial charge is 0.331 e. The third-order valence-corrected chi connectivity index (χ3v) is 5.05. The van der Waals surface area contributed by atoms with Crippen LogP contribution in [-0.2, 0) is 6.54 Å².